The number of amides is 2. The van der Waals surface area contributed by atoms with Gasteiger partial charge in [0.15, 0.2) is 6.61 Å². The smallest absolute Gasteiger partial charge is 0.261 e. The molecule has 2 rings (SSSR count). The molecule has 0 spiro atoms. The Hall–Kier alpha value is -2.96. The van der Waals surface area contributed by atoms with Crippen molar-refractivity contribution in [3.8, 4) is 5.75 Å². The van der Waals surface area contributed by atoms with Crippen molar-refractivity contribution in [2.45, 2.75) is 45.8 Å². The van der Waals surface area contributed by atoms with Crippen LogP contribution < -0.4 is 10.1 Å². The molecule has 0 saturated heterocycles. The lowest BCUT2D eigenvalue weighted by Crippen LogP contribution is -2.50. The maximum Gasteiger partial charge on any atom is 0.261 e. The fourth-order valence-electron chi connectivity index (χ4n) is 2.62. The first-order valence-electron chi connectivity index (χ1n) is 9.53. The lowest BCUT2D eigenvalue weighted by atomic mass is 10.1. The summed E-state index contributed by atoms with van der Waals surface area (Å²) in [5, 5.41) is 2.84. The molecule has 0 saturated carbocycles. The average molecular weight is 404 g/mol. The topological polar surface area (TPSA) is 58.6 Å². The van der Waals surface area contributed by atoms with Crippen molar-refractivity contribution >= 4 is 11.8 Å². The summed E-state index contributed by atoms with van der Waals surface area (Å²) in [6.45, 7) is 4.96. The van der Waals surface area contributed by atoms with E-state index in [0.29, 0.717) is 11.3 Å². The largest absolute Gasteiger partial charge is 0.484 e. The Labute approximate surface area is 169 Å². The number of carbonyl (C=O) groups excluding carboxylic acids is 2. The number of hydrogen-bond donors (Lipinski definition) is 1. The molecule has 2 aromatic rings. The summed E-state index contributed by atoms with van der Waals surface area (Å²) in [6.07, 6.45) is 0.743. The monoisotopic (exact) mass is 404 g/mol. The van der Waals surface area contributed by atoms with Crippen LogP contribution in [-0.2, 0) is 16.1 Å². The Bertz CT molecular complexity index is 827. The summed E-state index contributed by atoms with van der Waals surface area (Å²) in [6, 6.07) is 10.5. The van der Waals surface area contributed by atoms with Gasteiger partial charge in [-0.2, -0.15) is 0 Å². The van der Waals surface area contributed by atoms with Gasteiger partial charge >= 0.3 is 0 Å². The second-order valence-electron chi connectivity index (χ2n) is 6.85. The zero-order valence-electron chi connectivity index (χ0n) is 16.8. The molecule has 0 aliphatic carbocycles. The lowest BCUT2D eigenvalue weighted by molar-refractivity contribution is -0.142. The highest BCUT2D eigenvalue weighted by atomic mass is 19.1. The minimum atomic E-state index is -0.826. The van der Waals surface area contributed by atoms with E-state index in [9.17, 15) is 18.4 Å². The van der Waals surface area contributed by atoms with Crippen LogP contribution in [0.5, 0.6) is 5.75 Å². The van der Waals surface area contributed by atoms with E-state index < -0.39 is 23.6 Å². The molecule has 156 valence electrons. The number of halogens is 2. The Morgan fingerprint density at radius 2 is 1.72 bits per heavy atom. The number of carbonyl (C=O) groups is 2. The van der Waals surface area contributed by atoms with E-state index in [1.807, 2.05) is 13.8 Å². The summed E-state index contributed by atoms with van der Waals surface area (Å²) in [5.74, 6) is -1.36. The highest BCUT2D eigenvalue weighted by Gasteiger charge is 2.27. The summed E-state index contributed by atoms with van der Waals surface area (Å²) >= 11 is 0. The first-order valence-corrected chi connectivity index (χ1v) is 9.53. The minimum absolute atomic E-state index is 0.0502. The summed E-state index contributed by atoms with van der Waals surface area (Å²) < 4.78 is 32.6. The number of nitrogens with zero attached hydrogens (tertiary/aromatic N) is 1. The molecule has 5 nitrogen and oxygen atoms in total. The second-order valence-corrected chi connectivity index (χ2v) is 6.85. The molecule has 2 atom stereocenters. The Morgan fingerprint density at radius 3 is 2.34 bits per heavy atom. The van der Waals surface area contributed by atoms with Gasteiger partial charge in [0.05, 0.1) is 0 Å². The maximum absolute atomic E-state index is 14.1. The molecule has 0 aliphatic rings. The van der Waals surface area contributed by atoms with Crippen LogP contribution >= 0.6 is 0 Å². The molecule has 0 fully saturated rings. The third-order valence-electron chi connectivity index (χ3n) is 4.64. The molecule has 0 bridgehead atoms. The van der Waals surface area contributed by atoms with Gasteiger partial charge in [0.2, 0.25) is 5.91 Å². The van der Waals surface area contributed by atoms with E-state index in [2.05, 4.69) is 5.32 Å². The molecule has 0 heterocycles. The van der Waals surface area contributed by atoms with E-state index in [4.69, 9.17) is 4.74 Å². The van der Waals surface area contributed by atoms with E-state index in [-0.39, 0.29) is 25.1 Å². The number of rotatable bonds is 9. The molecule has 2 amide bonds. The Balaban J connectivity index is 2.15. The third kappa shape index (κ3) is 6.55. The number of nitrogens with one attached hydrogen (secondary N) is 1. The van der Waals surface area contributed by atoms with Crippen LogP contribution in [0.1, 0.15) is 32.8 Å². The predicted molar refractivity (Wildman–Crippen MR) is 106 cm³/mol. The van der Waals surface area contributed by atoms with Gasteiger partial charge in [0.25, 0.3) is 5.91 Å². The van der Waals surface area contributed by atoms with Gasteiger partial charge in [-0.1, -0.05) is 25.1 Å². The zero-order chi connectivity index (χ0) is 21.4. The normalized spacial score (nSPS) is 12.7. The number of benzene rings is 2. The van der Waals surface area contributed by atoms with Crippen LogP contribution in [0.4, 0.5) is 8.78 Å². The minimum Gasteiger partial charge on any atom is -0.484 e. The molecule has 29 heavy (non-hydrogen) atoms. The van der Waals surface area contributed by atoms with Crippen molar-refractivity contribution in [3.05, 3.63) is 65.7 Å². The number of hydrogen-bond acceptors (Lipinski definition) is 3. The van der Waals surface area contributed by atoms with E-state index >= 15 is 0 Å². The van der Waals surface area contributed by atoms with Gasteiger partial charge in [0.1, 0.15) is 23.4 Å². The molecular weight excluding hydrogens is 378 g/mol. The first kappa shape index (κ1) is 22.3. The van der Waals surface area contributed by atoms with Crippen LogP contribution in [0.2, 0.25) is 0 Å². The van der Waals surface area contributed by atoms with Gasteiger partial charge in [-0.05, 0) is 50.6 Å². The quantitative estimate of drug-likeness (QED) is 0.694. The molecule has 0 aromatic heterocycles. The fourth-order valence-corrected chi connectivity index (χ4v) is 2.62. The average Bonchev–Trinajstić information content (AvgIpc) is 2.71. The highest BCUT2D eigenvalue weighted by Crippen LogP contribution is 2.15. The van der Waals surface area contributed by atoms with E-state index in [1.54, 1.807) is 25.1 Å². The van der Waals surface area contributed by atoms with Gasteiger partial charge in [-0.3, -0.25) is 9.59 Å². The van der Waals surface area contributed by atoms with Crippen molar-refractivity contribution < 1.29 is 23.1 Å². The molecule has 1 N–H and O–H groups in total. The fraction of sp³-hybridized carbons (Fsp3) is 0.364. The van der Waals surface area contributed by atoms with Crippen molar-refractivity contribution in [1.82, 2.24) is 10.2 Å². The van der Waals surface area contributed by atoms with Crippen LogP contribution in [0.25, 0.3) is 0 Å². The molecule has 7 heteroatoms. The number of ether oxygens (including phenoxy) is 1. The summed E-state index contributed by atoms with van der Waals surface area (Å²) in [7, 11) is 0. The Morgan fingerprint density at radius 1 is 1.07 bits per heavy atom. The SMILES string of the molecule is CC[C@@H](C)NC(=O)[C@@H](C)N(Cc1ccccc1F)C(=O)COc1ccc(F)cc1. The van der Waals surface area contributed by atoms with Crippen LogP contribution in [0.15, 0.2) is 48.5 Å². The Kier molecular flexibility index (Phi) is 8.12. The van der Waals surface area contributed by atoms with Crippen molar-refractivity contribution in [2.24, 2.45) is 0 Å². The van der Waals surface area contributed by atoms with Crippen LogP contribution in [0, 0.1) is 11.6 Å². The summed E-state index contributed by atoms with van der Waals surface area (Å²) in [4.78, 5) is 26.7. The van der Waals surface area contributed by atoms with Crippen molar-refractivity contribution in [2.75, 3.05) is 6.61 Å². The highest BCUT2D eigenvalue weighted by molar-refractivity contribution is 5.88. The first-order chi connectivity index (χ1) is 13.8. The molecule has 2 aromatic carbocycles. The predicted octanol–water partition coefficient (Wildman–Crippen LogP) is 3.68. The van der Waals surface area contributed by atoms with E-state index in [1.165, 1.54) is 35.2 Å². The van der Waals surface area contributed by atoms with Crippen LogP contribution in [0.3, 0.4) is 0 Å². The maximum atomic E-state index is 14.1. The van der Waals surface area contributed by atoms with Crippen molar-refractivity contribution in [3.63, 3.8) is 0 Å². The van der Waals surface area contributed by atoms with Gasteiger partial charge < -0.3 is 15.0 Å². The van der Waals surface area contributed by atoms with Gasteiger partial charge in [-0.25, -0.2) is 8.78 Å². The van der Waals surface area contributed by atoms with Crippen molar-refractivity contribution in [1.29, 1.82) is 0 Å². The van der Waals surface area contributed by atoms with Gasteiger partial charge in [-0.15, -0.1) is 0 Å². The molecule has 0 unspecified atom stereocenters. The zero-order valence-corrected chi connectivity index (χ0v) is 16.8. The molecule has 0 radical (unpaired) electrons. The second kappa shape index (κ2) is 10.5. The lowest BCUT2D eigenvalue weighted by Gasteiger charge is -2.29. The van der Waals surface area contributed by atoms with Gasteiger partial charge in [0, 0.05) is 18.2 Å². The standard InChI is InChI=1S/C22H26F2N2O3/c1-4-15(2)25-22(28)16(3)26(13-17-7-5-6-8-20(17)24)21(27)14-29-19-11-9-18(23)10-12-19/h5-12,15-16H,4,13-14H2,1-3H3,(H,25,28)/t15-,16-/m1/s1. The summed E-state index contributed by atoms with van der Waals surface area (Å²) in [5.41, 5.74) is 0.297. The molecule has 0 aliphatic heterocycles. The molecular formula is C22H26F2N2O3. The third-order valence-corrected chi connectivity index (χ3v) is 4.64. The van der Waals surface area contributed by atoms with Crippen LogP contribution in [-0.4, -0.2) is 35.4 Å². The van der Waals surface area contributed by atoms with E-state index in [0.717, 1.165) is 6.42 Å².